The molecule has 0 unspecified atom stereocenters. The fraction of sp³-hybridized carbons (Fsp3) is 0.519. The summed E-state index contributed by atoms with van der Waals surface area (Å²) in [4.78, 5) is 11.8. The minimum atomic E-state index is 0.139. The number of hydrogen-bond acceptors (Lipinski definition) is 1. The molecule has 0 aliphatic carbocycles. The molecule has 0 aliphatic heterocycles. The first-order valence-electron chi connectivity index (χ1n) is 10.6. The summed E-state index contributed by atoms with van der Waals surface area (Å²) in [7, 11) is 0. The third-order valence-electron chi connectivity index (χ3n) is 5.23. The Hall–Kier alpha value is -1.89. The van der Waals surface area contributed by atoms with Crippen molar-refractivity contribution in [2.45, 2.75) is 92.9 Å². The van der Waals surface area contributed by atoms with Gasteiger partial charge in [-0.15, -0.1) is 0 Å². The number of hydrogen-bond donors (Lipinski definition) is 0. The Morgan fingerprint density at radius 1 is 0.821 bits per heavy atom. The monoisotopic (exact) mass is 380 g/mol. The van der Waals surface area contributed by atoms with E-state index >= 15 is 0 Å². The second-order valence-corrected chi connectivity index (χ2v) is 9.56. The lowest BCUT2D eigenvalue weighted by atomic mass is 9.79. The molecular weight excluding hydrogens is 340 g/mol. The van der Waals surface area contributed by atoms with Gasteiger partial charge in [0.2, 0.25) is 0 Å². The molecule has 2 aromatic carbocycles. The van der Waals surface area contributed by atoms with Crippen LogP contribution >= 0.6 is 0 Å². The van der Waals surface area contributed by atoms with Crippen LogP contribution in [0.15, 0.2) is 36.4 Å². The van der Waals surface area contributed by atoms with E-state index in [0.29, 0.717) is 0 Å². The molecule has 0 saturated carbocycles. The highest BCUT2D eigenvalue weighted by Crippen LogP contribution is 2.31. The molecule has 1 nitrogen and oxygen atoms in total. The van der Waals surface area contributed by atoms with Gasteiger partial charge in [0.05, 0.1) is 0 Å². The molecule has 0 N–H and O–H groups in total. The third kappa shape index (κ3) is 6.33. The molecule has 0 radical (unpaired) electrons. The summed E-state index contributed by atoms with van der Waals surface area (Å²) >= 11 is 0. The summed E-state index contributed by atoms with van der Waals surface area (Å²) in [5, 5.41) is 0. The molecular formula is C27H40O. The molecule has 0 aromatic heterocycles. The van der Waals surface area contributed by atoms with Gasteiger partial charge in [-0.05, 0) is 65.3 Å². The second kappa shape index (κ2) is 9.54. The minimum absolute atomic E-state index is 0.139. The van der Waals surface area contributed by atoms with Crippen LogP contribution < -0.4 is 0 Å². The number of carbonyl (C=O) groups is 1. The summed E-state index contributed by atoms with van der Waals surface area (Å²) in [6.45, 7) is 21.4. The maximum atomic E-state index is 11.8. The van der Waals surface area contributed by atoms with Crippen molar-refractivity contribution in [3.63, 3.8) is 0 Å². The largest absolute Gasteiger partial charge is 0.295 e. The van der Waals surface area contributed by atoms with Gasteiger partial charge in [-0.2, -0.15) is 0 Å². The van der Waals surface area contributed by atoms with E-state index < -0.39 is 0 Å². The van der Waals surface area contributed by atoms with Crippen molar-refractivity contribution < 1.29 is 4.79 Å². The van der Waals surface area contributed by atoms with E-state index in [1.807, 2.05) is 26.0 Å². The van der Waals surface area contributed by atoms with Crippen LogP contribution in [0.5, 0.6) is 0 Å². The lowest BCUT2D eigenvalue weighted by Gasteiger charge is -2.26. The first-order chi connectivity index (χ1) is 12.9. The molecule has 0 heterocycles. The molecule has 0 spiro atoms. The van der Waals surface area contributed by atoms with Crippen LogP contribution in [-0.2, 0) is 23.7 Å². The topological polar surface area (TPSA) is 17.1 Å². The number of rotatable bonds is 4. The maximum absolute atomic E-state index is 11.8. The van der Waals surface area contributed by atoms with Gasteiger partial charge in [-0.25, -0.2) is 0 Å². The Kier molecular flexibility index (Phi) is 8.23. The van der Waals surface area contributed by atoms with Crippen LogP contribution in [0, 0.1) is 6.92 Å². The van der Waals surface area contributed by atoms with Gasteiger partial charge in [0.25, 0.3) is 0 Å². The van der Waals surface area contributed by atoms with Crippen LogP contribution in [-0.4, -0.2) is 5.78 Å². The standard InChI is InChI=1S/C25H34O.C2H6/c1-17-20(10-9-11-23(17)18(2)26)13-12-19-14-21(24(3,4)5)16-22(15-19)25(6,7)8;1-2/h9-11,14-16H,12-13H2,1-8H3;1-2H3. The molecule has 2 rings (SSSR count). The minimum Gasteiger partial charge on any atom is -0.295 e. The zero-order valence-electron chi connectivity index (χ0n) is 19.8. The smallest absolute Gasteiger partial charge is 0.160 e. The van der Waals surface area contributed by atoms with Crippen molar-refractivity contribution in [3.05, 3.63) is 69.8 Å². The Labute approximate surface area is 173 Å². The Bertz CT molecular complexity index is 766. The average Bonchev–Trinajstić information content (AvgIpc) is 2.60. The average molecular weight is 381 g/mol. The second-order valence-electron chi connectivity index (χ2n) is 9.56. The van der Waals surface area contributed by atoms with Crippen LogP contribution in [0.25, 0.3) is 0 Å². The van der Waals surface area contributed by atoms with Gasteiger partial charge >= 0.3 is 0 Å². The zero-order chi connectivity index (χ0) is 21.7. The molecule has 0 atom stereocenters. The van der Waals surface area contributed by atoms with Gasteiger partial charge in [-0.3, -0.25) is 4.79 Å². The highest BCUT2D eigenvalue weighted by atomic mass is 16.1. The van der Waals surface area contributed by atoms with Gasteiger partial charge < -0.3 is 0 Å². The Morgan fingerprint density at radius 2 is 1.32 bits per heavy atom. The van der Waals surface area contributed by atoms with E-state index in [2.05, 4.69) is 72.7 Å². The number of benzene rings is 2. The van der Waals surface area contributed by atoms with Crippen LogP contribution in [0.3, 0.4) is 0 Å². The quantitative estimate of drug-likeness (QED) is 0.499. The van der Waals surface area contributed by atoms with E-state index in [4.69, 9.17) is 0 Å². The molecule has 0 bridgehead atoms. The van der Waals surface area contributed by atoms with E-state index in [0.717, 1.165) is 24.0 Å². The van der Waals surface area contributed by atoms with Crippen molar-refractivity contribution in [3.8, 4) is 0 Å². The summed E-state index contributed by atoms with van der Waals surface area (Å²) in [6.07, 6.45) is 1.96. The fourth-order valence-electron chi connectivity index (χ4n) is 3.32. The van der Waals surface area contributed by atoms with E-state index in [1.54, 1.807) is 6.92 Å². The first-order valence-corrected chi connectivity index (χ1v) is 10.6. The summed E-state index contributed by atoms with van der Waals surface area (Å²) in [6, 6.07) is 13.2. The molecule has 28 heavy (non-hydrogen) atoms. The third-order valence-corrected chi connectivity index (χ3v) is 5.23. The molecule has 154 valence electrons. The summed E-state index contributed by atoms with van der Waals surface area (Å²) < 4.78 is 0. The van der Waals surface area contributed by atoms with Gasteiger partial charge in [0.1, 0.15) is 0 Å². The Balaban J connectivity index is 0.00000190. The first kappa shape index (κ1) is 24.1. The van der Waals surface area contributed by atoms with Crippen LogP contribution in [0.1, 0.15) is 100 Å². The number of aryl methyl sites for hydroxylation is 2. The molecule has 1 heteroatoms. The van der Waals surface area contributed by atoms with Gasteiger partial charge in [0, 0.05) is 5.56 Å². The lowest BCUT2D eigenvalue weighted by Crippen LogP contribution is -2.17. The molecule has 2 aromatic rings. The number of carbonyl (C=O) groups excluding carboxylic acids is 1. The summed E-state index contributed by atoms with van der Waals surface area (Å²) in [5.41, 5.74) is 7.71. The SMILES string of the molecule is CC.CC(=O)c1cccc(CCc2cc(C(C)(C)C)cc(C(C)(C)C)c2)c1C. The predicted molar refractivity (Wildman–Crippen MR) is 124 cm³/mol. The zero-order valence-corrected chi connectivity index (χ0v) is 19.8. The highest BCUT2D eigenvalue weighted by molar-refractivity contribution is 5.95. The molecule has 0 saturated heterocycles. The van der Waals surface area contributed by atoms with Crippen LogP contribution in [0.4, 0.5) is 0 Å². The predicted octanol–water partition coefficient (Wildman–Crippen LogP) is 7.60. The van der Waals surface area contributed by atoms with E-state index in [1.165, 1.54) is 22.3 Å². The number of ketones is 1. The normalized spacial score (nSPS) is 11.6. The Morgan fingerprint density at radius 3 is 1.75 bits per heavy atom. The highest BCUT2D eigenvalue weighted by Gasteiger charge is 2.20. The molecule has 0 amide bonds. The van der Waals surface area contributed by atoms with Crippen molar-refractivity contribution in [1.29, 1.82) is 0 Å². The van der Waals surface area contributed by atoms with Gasteiger partial charge in [0.15, 0.2) is 5.78 Å². The van der Waals surface area contributed by atoms with E-state index in [-0.39, 0.29) is 16.6 Å². The van der Waals surface area contributed by atoms with Crippen molar-refractivity contribution in [2.75, 3.05) is 0 Å². The van der Waals surface area contributed by atoms with Crippen molar-refractivity contribution in [1.82, 2.24) is 0 Å². The summed E-state index contributed by atoms with van der Waals surface area (Å²) in [5.74, 6) is 0.147. The number of Topliss-reactive ketones (excluding diaryl/α,β-unsaturated/α-hetero) is 1. The van der Waals surface area contributed by atoms with Crippen molar-refractivity contribution in [2.24, 2.45) is 0 Å². The van der Waals surface area contributed by atoms with Crippen molar-refractivity contribution >= 4 is 5.78 Å². The molecule has 0 fully saturated rings. The van der Waals surface area contributed by atoms with Crippen LogP contribution in [0.2, 0.25) is 0 Å². The maximum Gasteiger partial charge on any atom is 0.160 e. The molecule has 0 aliphatic rings. The van der Waals surface area contributed by atoms with E-state index in [9.17, 15) is 4.79 Å². The fourth-order valence-corrected chi connectivity index (χ4v) is 3.32. The van der Waals surface area contributed by atoms with Gasteiger partial charge in [-0.1, -0.05) is 91.8 Å². The lowest BCUT2D eigenvalue weighted by molar-refractivity contribution is 0.101.